The van der Waals surface area contributed by atoms with Crippen LogP contribution in [-0.2, 0) is 14.3 Å². The molecule has 5 nitrogen and oxygen atoms in total. The fourth-order valence-electron chi connectivity index (χ4n) is 2.65. The summed E-state index contributed by atoms with van der Waals surface area (Å²) in [6.45, 7) is 0.582. The number of carboxylic acid groups (broad SMARTS) is 1. The molecule has 96 valence electrons. The predicted molar refractivity (Wildman–Crippen MR) is 60.6 cm³/mol. The third-order valence-corrected chi connectivity index (χ3v) is 3.60. The van der Waals surface area contributed by atoms with Crippen LogP contribution in [-0.4, -0.2) is 47.2 Å². The van der Waals surface area contributed by atoms with Gasteiger partial charge < -0.3 is 14.7 Å². The molecule has 2 rings (SSSR count). The zero-order valence-corrected chi connectivity index (χ0v) is 9.93. The normalized spacial score (nSPS) is 25.4. The van der Waals surface area contributed by atoms with Crippen LogP contribution in [0.1, 0.15) is 38.5 Å². The third kappa shape index (κ3) is 2.97. The highest BCUT2D eigenvalue weighted by atomic mass is 16.5. The van der Waals surface area contributed by atoms with Crippen LogP contribution < -0.4 is 0 Å². The second-order valence-electron chi connectivity index (χ2n) is 4.80. The summed E-state index contributed by atoms with van der Waals surface area (Å²) in [5.74, 6) is -1.08. The van der Waals surface area contributed by atoms with Gasteiger partial charge in [-0.1, -0.05) is 12.8 Å². The summed E-state index contributed by atoms with van der Waals surface area (Å²) in [6, 6.07) is -0.644. The van der Waals surface area contributed by atoms with Crippen molar-refractivity contribution in [3.05, 3.63) is 0 Å². The van der Waals surface area contributed by atoms with E-state index < -0.39 is 12.0 Å². The summed E-state index contributed by atoms with van der Waals surface area (Å²) in [7, 11) is 0. The van der Waals surface area contributed by atoms with E-state index in [1.54, 1.807) is 0 Å². The van der Waals surface area contributed by atoms with Gasteiger partial charge in [0.1, 0.15) is 12.6 Å². The molecule has 5 heteroatoms. The SMILES string of the molecule is O=C(O)[C@H]1CCCN1C(=O)COC1CCCC1. The van der Waals surface area contributed by atoms with Crippen molar-refractivity contribution in [3.63, 3.8) is 0 Å². The van der Waals surface area contributed by atoms with E-state index in [0.29, 0.717) is 13.0 Å². The van der Waals surface area contributed by atoms with Gasteiger partial charge in [0, 0.05) is 6.54 Å². The minimum atomic E-state index is -0.906. The fraction of sp³-hybridized carbons (Fsp3) is 0.833. The summed E-state index contributed by atoms with van der Waals surface area (Å²) in [6.07, 6.45) is 5.91. The first-order valence-electron chi connectivity index (χ1n) is 6.32. The number of carboxylic acids is 1. The van der Waals surface area contributed by atoms with E-state index in [1.807, 2.05) is 0 Å². The van der Waals surface area contributed by atoms with Gasteiger partial charge in [0.2, 0.25) is 5.91 Å². The third-order valence-electron chi connectivity index (χ3n) is 3.60. The van der Waals surface area contributed by atoms with Crippen LogP contribution in [0.15, 0.2) is 0 Å². The summed E-state index contributed by atoms with van der Waals surface area (Å²) >= 11 is 0. The van der Waals surface area contributed by atoms with Crippen LogP contribution in [0.3, 0.4) is 0 Å². The molecule has 2 aliphatic rings. The minimum Gasteiger partial charge on any atom is -0.480 e. The number of ether oxygens (including phenoxy) is 1. The number of hydrogen-bond acceptors (Lipinski definition) is 3. The second-order valence-corrected chi connectivity index (χ2v) is 4.80. The number of amides is 1. The Morgan fingerprint density at radius 2 is 1.88 bits per heavy atom. The zero-order chi connectivity index (χ0) is 12.3. The largest absolute Gasteiger partial charge is 0.480 e. The van der Waals surface area contributed by atoms with E-state index >= 15 is 0 Å². The predicted octanol–water partition coefficient (Wildman–Crippen LogP) is 1.02. The Morgan fingerprint density at radius 3 is 2.53 bits per heavy atom. The van der Waals surface area contributed by atoms with Gasteiger partial charge in [-0.25, -0.2) is 4.79 Å². The molecular weight excluding hydrogens is 222 g/mol. The highest BCUT2D eigenvalue weighted by molar-refractivity contribution is 5.84. The summed E-state index contributed by atoms with van der Waals surface area (Å²) in [5.41, 5.74) is 0. The van der Waals surface area contributed by atoms with Crippen molar-refractivity contribution in [3.8, 4) is 0 Å². The Labute approximate surface area is 101 Å². The highest BCUT2D eigenvalue weighted by Crippen LogP contribution is 2.22. The van der Waals surface area contributed by atoms with Gasteiger partial charge in [-0.2, -0.15) is 0 Å². The van der Waals surface area contributed by atoms with Crippen molar-refractivity contribution in [2.24, 2.45) is 0 Å². The lowest BCUT2D eigenvalue weighted by molar-refractivity contribution is -0.150. The van der Waals surface area contributed by atoms with Crippen LogP contribution in [0.5, 0.6) is 0 Å². The second kappa shape index (κ2) is 5.49. The quantitative estimate of drug-likeness (QED) is 0.798. The van der Waals surface area contributed by atoms with Crippen molar-refractivity contribution >= 4 is 11.9 Å². The molecule has 0 unspecified atom stereocenters. The Bertz CT molecular complexity index is 299. The van der Waals surface area contributed by atoms with Gasteiger partial charge in [0.05, 0.1) is 6.10 Å². The molecule has 17 heavy (non-hydrogen) atoms. The lowest BCUT2D eigenvalue weighted by Crippen LogP contribution is -2.42. The van der Waals surface area contributed by atoms with Crippen LogP contribution >= 0.6 is 0 Å². The molecule has 0 aromatic carbocycles. The van der Waals surface area contributed by atoms with Gasteiger partial charge >= 0.3 is 5.97 Å². The average molecular weight is 241 g/mol. The van der Waals surface area contributed by atoms with Crippen molar-refractivity contribution in [1.82, 2.24) is 4.90 Å². The number of nitrogens with zero attached hydrogens (tertiary/aromatic N) is 1. The number of hydrogen-bond donors (Lipinski definition) is 1. The molecule has 0 radical (unpaired) electrons. The first-order chi connectivity index (χ1) is 8.18. The first-order valence-corrected chi connectivity index (χ1v) is 6.32. The highest BCUT2D eigenvalue weighted by Gasteiger charge is 2.34. The Kier molecular flexibility index (Phi) is 3.99. The van der Waals surface area contributed by atoms with E-state index in [1.165, 1.54) is 17.7 Å². The Morgan fingerprint density at radius 1 is 1.18 bits per heavy atom. The summed E-state index contributed by atoms with van der Waals surface area (Å²) < 4.78 is 5.52. The van der Waals surface area contributed by atoms with Crippen LogP contribution in [0.2, 0.25) is 0 Å². The standard InChI is InChI=1S/C12H19NO4/c14-11(8-17-9-4-1-2-5-9)13-7-3-6-10(13)12(15)16/h9-10H,1-8H2,(H,15,16)/t10-/m1/s1. The smallest absolute Gasteiger partial charge is 0.326 e. The first kappa shape index (κ1) is 12.4. The average Bonchev–Trinajstić information content (AvgIpc) is 2.96. The zero-order valence-electron chi connectivity index (χ0n) is 9.93. The number of carbonyl (C=O) groups is 2. The van der Waals surface area contributed by atoms with Crippen molar-refractivity contribution in [2.75, 3.05) is 13.2 Å². The molecule has 0 aromatic heterocycles. The van der Waals surface area contributed by atoms with Gasteiger partial charge in [0.15, 0.2) is 0 Å². The minimum absolute atomic E-state index is 0.0362. The lowest BCUT2D eigenvalue weighted by Gasteiger charge is -2.22. The van der Waals surface area contributed by atoms with Gasteiger partial charge in [-0.05, 0) is 25.7 Å². The van der Waals surface area contributed by atoms with Gasteiger partial charge in [-0.15, -0.1) is 0 Å². The van der Waals surface area contributed by atoms with E-state index in [4.69, 9.17) is 9.84 Å². The topological polar surface area (TPSA) is 66.8 Å². The molecule has 0 aromatic rings. The monoisotopic (exact) mass is 241 g/mol. The molecule has 0 spiro atoms. The maximum absolute atomic E-state index is 11.9. The van der Waals surface area contributed by atoms with Crippen LogP contribution in [0, 0.1) is 0 Å². The van der Waals surface area contributed by atoms with E-state index in [2.05, 4.69) is 0 Å². The molecule has 1 saturated carbocycles. The summed E-state index contributed by atoms with van der Waals surface area (Å²) in [4.78, 5) is 24.2. The van der Waals surface area contributed by atoms with Crippen molar-refractivity contribution in [2.45, 2.75) is 50.7 Å². The molecule has 1 N–H and O–H groups in total. The van der Waals surface area contributed by atoms with Crippen molar-refractivity contribution < 1.29 is 19.4 Å². The fourth-order valence-corrected chi connectivity index (χ4v) is 2.65. The molecule has 2 fully saturated rings. The van der Waals surface area contributed by atoms with E-state index in [9.17, 15) is 9.59 Å². The molecule has 0 bridgehead atoms. The van der Waals surface area contributed by atoms with E-state index in [-0.39, 0.29) is 18.6 Å². The number of likely N-dealkylation sites (tertiary alicyclic amines) is 1. The molecule has 1 atom stereocenters. The molecule has 1 heterocycles. The molecule has 1 saturated heterocycles. The summed E-state index contributed by atoms with van der Waals surface area (Å²) in [5, 5.41) is 8.98. The Balaban J connectivity index is 1.80. The van der Waals surface area contributed by atoms with Crippen LogP contribution in [0.25, 0.3) is 0 Å². The van der Waals surface area contributed by atoms with Crippen LogP contribution in [0.4, 0.5) is 0 Å². The molecule has 1 aliphatic carbocycles. The maximum atomic E-state index is 11.9. The van der Waals surface area contributed by atoms with Gasteiger partial charge in [0.25, 0.3) is 0 Å². The number of carbonyl (C=O) groups excluding carboxylic acids is 1. The van der Waals surface area contributed by atoms with Gasteiger partial charge in [-0.3, -0.25) is 4.79 Å². The maximum Gasteiger partial charge on any atom is 0.326 e. The molecule has 1 aliphatic heterocycles. The van der Waals surface area contributed by atoms with Crippen molar-refractivity contribution in [1.29, 1.82) is 0 Å². The number of rotatable bonds is 4. The molecular formula is C12H19NO4. The molecule has 1 amide bonds. The lowest BCUT2D eigenvalue weighted by atomic mass is 10.2. The Hall–Kier alpha value is -1.10. The van der Waals surface area contributed by atoms with E-state index in [0.717, 1.165) is 19.3 Å². The number of aliphatic carboxylic acids is 1.